The van der Waals surface area contributed by atoms with E-state index in [1.165, 1.54) is 0 Å². The molecular weight excluding hydrogens is 294 g/mol. The Morgan fingerprint density at radius 3 is 2.74 bits per heavy atom. The fraction of sp³-hybridized carbons (Fsp3) is 0.412. The van der Waals surface area contributed by atoms with Gasteiger partial charge in [0.2, 0.25) is 12.7 Å². The van der Waals surface area contributed by atoms with Crippen LogP contribution in [0, 0.1) is 13.8 Å². The van der Waals surface area contributed by atoms with Gasteiger partial charge in [-0.3, -0.25) is 9.48 Å². The number of likely N-dealkylation sites (N-methyl/N-ethyl adjacent to an activating group) is 1. The molecule has 0 atom stereocenters. The van der Waals surface area contributed by atoms with E-state index in [0.717, 1.165) is 34.0 Å². The third kappa shape index (κ3) is 3.02. The van der Waals surface area contributed by atoms with Crippen LogP contribution in [0.3, 0.4) is 0 Å². The van der Waals surface area contributed by atoms with Crippen molar-refractivity contribution in [3.05, 3.63) is 40.7 Å². The molecular formula is C17H21N3O3. The Hall–Kier alpha value is -2.50. The Balaban J connectivity index is 1.68. The number of hydrogen-bond acceptors (Lipinski definition) is 4. The largest absolute Gasteiger partial charge is 0.454 e. The van der Waals surface area contributed by atoms with Gasteiger partial charge in [0.05, 0.1) is 12.1 Å². The molecule has 0 spiro atoms. The average Bonchev–Trinajstić information content (AvgIpc) is 3.07. The normalized spacial score (nSPS) is 12.5. The number of hydrogen-bond donors (Lipinski definition) is 0. The van der Waals surface area contributed by atoms with Gasteiger partial charge in [0.15, 0.2) is 11.5 Å². The molecule has 0 bridgehead atoms. The number of nitrogens with zero attached hydrogens (tertiary/aromatic N) is 3. The molecule has 0 N–H and O–H groups in total. The van der Waals surface area contributed by atoms with Crippen LogP contribution in [0.15, 0.2) is 18.2 Å². The van der Waals surface area contributed by atoms with E-state index in [9.17, 15) is 4.79 Å². The van der Waals surface area contributed by atoms with Crippen molar-refractivity contribution in [3.8, 4) is 11.5 Å². The van der Waals surface area contributed by atoms with Crippen LogP contribution < -0.4 is 9.47 Å². The van der Waals surface area contributed by atoms with Crippen molar-refractivity contribution < 1.29 is 14.3 Å². The van der Waals surface area contributed by atoms with E-state index in [1.54, 1.807) is 4.90 Å². The summed E-state index contributed by atoms with van der Waals surface area (Å²) in [5, 5.41) is 4.36. The highest BCUT2D eigenvalue weighted by Gasteiger charge is 2.18. The lowest BCUT2D eigenvalue weighted by Gasteiger charge is -2.17. The summed E-state index contributed by atoms with van der Waals surface area (Å²) in [7, 11) is 3.71. The zero-order chi connectivity index (χ0) is 16.6. The molecule has 6 heteroatoms. The Morgan fingerprint density at radius 1 is 1.30 bits per heavy atom. The van der Waals surface area contributed by atoms with Gasteiger partial charge in [0.1, 0.15) is 0 Å². The molecule has 6 nitrogen and oxygen atoms in total. The van der Waals surface area contributed by atoms with Gasteiger partial charge in [-0.25, -0.2) is 0 Å². The van der Waals surface area contributed by atoms with E-state index in [-0.39, 0.29) is 12.7 Å². The molecule has 1 aromatic carbocycles. The van der Waals surface area contributed by atoms with Crippen LogP contribution in [-0.4, -0.2) is 34.4 Å². The minimum Gasteiger partial charge on any atom is -0.454 e. The summed E-state index contributed by atoms with van der Waals surface area (Å²) >= 11 is 0. The second-order valence-electron chi connectivity index (χ2n) is 5.89. The number of carbonyl (C=O) groups is 1. The molecule has 1 amide bonds. The first kappa shape index (κ1) is 15.4. The molecule has 0 saturated carbocycles. The van der Waals surface area contributed by atoms with Gasteiger partial charge in [-0.2, -0.15) is 5.10 Å². The van der Waals surface area contributed by atoms with Gasteiger partial charge in [-0.1, -0.05) is 6.07 Å². The van der Waals surface area contributed by atoms with Crippen LogP contribution in [0.1, 0.15) is 22.5 Å². The number of benzene rings is 1. The minimum atomic E-state index is 0.0712. The molecule has 0 saturated heterocycles. The maximum Gasteiger partial charge on any atom is 0.231 e. The zero-order valence-corrected chi connectivity index (χ0v) is 13.9. The molecule has 122 valence electrons. The summed E-state index contributed by atoms with van der Waals surface area (Å²) in [5.41, 5.74) is 3.97. The van der Waals surface area contributed by atoms with Gasteiger partial charge >= 0.3 is 0 Å². The smallest absolute Gasteiger partial charge is 0.231 e. The van der Waals surface area contributed by atoms with Crippen molar-refractivity contribution in [2.24, 2.45) is 7.05 Å². The monoisotopic (exact) mass is 315 g/mol. The summed E-state index contributed by atoms with van der Waals surface area (Å²) in [6, 6.07) is 5.76. The molecule has 0 aliphatic carbocycles. The van der Waals surface area contributed by atoms with Crippen molar-refractivity contribution in [1.82, 2.24) is 14.7 Å². The average molecular weight is 315 g/mol. The van der Waals surface area contributed by atoms with Crippen molar-refractivity contribution in [3.63, 3.8) is 0 Å². The number of aromatic nitrogens is 2. The van der Waals surface area contributed by atoms with Gasteiger partial charge in [0.25, 0.3) is 0 Å². The van der Waals surface area contributed by atoms with Crippen molar-refractivity contribution in [2.75, 3.05) is 13.8 Å². The second kappa shape index (κ2) is 5.95. The predicted octanol–water partition coefficient (Wildman–Crippen LogP) is 1.97. The number of carbonyl (C=O) groups excluding carboxylic acids is 1. The van der Waals surface area contributed by atoms with Crippen LogP contribution in [-0.2, 0) is 24.8 Å². The van der Waals surface area contributed by atoms with E-state index >= 15 is 0 Å². The molecule has 2 heterocycles. The van der Waals surface area contributed by atoms with Crippen LogP contribution in [0.4, 0.5) is 0 Å². The van der Waals surface area contributed by atoms with Gasteiger partial charge in [-0.05, 0) is 31.5 Å². The van der Waals surface area contributed by atoms with E-state index in [2.05, 4.69) is 5.10 Å². The van der Waals surface area contributed by atoms with E-state index in [1.807, 2.05) is 50.8 Å². The highest BCUT2D eigenvalue weighted by atomic mass is 16.7. The van der Waals surface area contributed by atoms with E-state index in [4.69, 9.17) is 9.47 Å². The summed E-state index contributed by atoms with van der Waals surface area (Å²) in [5.74, 6) is 1.56. The molecule has 0 fully saturated rings. The third-order valence-electron chi connectivity index (χ3n) is 4.27. The lowest BCUT2D eigenvalue weighted by Crippen LogP contribution is -2.28. The van der Waals surface area contributed by atoms with Crippen LogP contribution >= 0.6 is 0 Å². The van der Waals surface area contributed by atoms with Gasteiger partial charge < -0.3 is 14.4 Å². The highest BCUT2D eigenvalue weighted by Crippen LogP contribution is 2.32. The van der Waals surface area contributed by atoms with Crippen LogP contribution in [0.5, 0.6) is 11.5 Å². The van der Waals surface area contributed by atoms with Crippen molar-refractivity contribution in [2.45, 2.75) is 26.8 Å². The van der Waals surface area contributed by atoms with Crippen molar-refractivity contribution >= 4 is 5.91 Å². The molecule has 1 aliphatic rings. The SMILES string of the molecule is Cc1nn(C)c(C)c1CC(=O)N(C)Cc1ccc2c(c1)OCO2. The van der Waals surface area contributed by atoms with E-state index < -0.39 is 0 Å². The lowest BCUT2D eigenvalue weighted by atomic mass is 10.1. The zero-order valence-electron chi connectivity index (χ0n) is 13.9. The number of fused-ring (bicyclic) bond motifs is 1. The maximum atomic E-state index is 12.5. The van der Waals surface area contributed by atoms with Gasteiger partial charge in [0, 0.05) is 31.9 Å². The fourth-order valence-corrected chi connectivity index (χ4v) is 2.76. The molecule has 0 unspecified atom stereocenters. The first-order valence-corrected chi connectivity index (χ1v) is 7.57. The molecule has 1 aliphatic heterocycles. The molecule has 23 heavy (non-hydrogen) atoms. The summed E-state index contributed by atoms with van der Waals surface area (Å²) < 4.78 is 12.5. The Kier molecular flexibility index (Phi) is 3.98. The topological polar surface area (TPSA) is 56.6 Å². The Morgan fingerprint density at radius 2 is 2.04 bits per heavy atom. The lowest BCUT2D eigenvalue weighted by molar-refractivity contribution is -0.129. The second-order valence-corrected chi connectivity index (χ2v) is 5.89. The minimum absolute atomic E-state index is 0.0712. The molecule has 1 aromatic heterocycles. The molecule has 3 rings (SSSR count). The number of amides is 1. The molecule has 2 aromatic rings. The van der Waals surface area contributed by atoms with Crippen LogP contribution in [0.2, 0.25) is 0 Å². The highest BCUT2D eigenvalue weighted by molar-refractivity contribution is 5.79. The Bertz CT molecular complexity index is 752. The van der Waals surface area contributed by atoms with Crippen molar-refractivity contribution in [1.29, 1.82) is 0 Å². The summed E-state index contributed by atoms with van der Waals surface area (Å²) in [6.07, 6.45) is 0.368. The number of rotatable bonds is 4. The van der Waals surface area contributed by atoms with Crippen LogP contribution in [0.25, 0.3) is 0 Å². The first-order valence-electron chi connectivity index (χ1n) is 7.57. The summed E-state index contributed by atoms with van der Waals surface area (Å²) in [4.78, 5) is 14.2. The number of ether oxygens (including phenoxy) is 2. The standard InChI is InChI=1S/C17H21N3O3/c1-11-14(12(2)20(4)18-11)8-17(21)19(3)9-13-5-6-15-16(7-13)23-10-22-15/h5-7H,8-10H2,1-4H3. The third-order valence-corrected chi connectivity index (χ3v) is 4.27. The maximum absolute atomic E-state index is 12.5. The predicted molar refractivity (Wildman–Crippen MR) is 85.4 cm³/mol. The first-order chi connectivity index (χ1) is 11.0. The molecule has 0 radical (unpaired) electrons. The number of aryl methyl sites for hydroxylation is 2. The van der Waals surface area contributed by atoms with Gasteiger partial charge in [-0.15, -0.1) is 0 Å². The fourth-order valence-electron chi connectivity index (χ4n) is 2.76. The summed E-state index contributed by atoms with van der Waals surface area (Å²) in [6.45, 7) is 4.72. The Labute approximate surface area is 135 Å². The van der Waals surface area contributed by atoms with E-state index in [0.29, 0.717) is 13.0 Å². The quantitative estimate of drug-likeness (QED) is 0.865.